The average molecular weight is 448 g/mol. The van der Waals surface area contributed by atoms with Crippen LogP contribution in [-0.2, 0) is 23.9 Å². The summed E-state index contributed by atoms with van der Waals surface area (Å²) >= 11 is 0. The first kappa shape index (κ1) is 26.8. The summed E-state index contributed by atoms with van der Waals surface area (Å²) in [5.41, 5.74) is 1.05. The molecular weight excluding hydrogens is 414 g/mol. The molecule has 1 aromatic rings. The highest BCUT2D eigenvalue weighted by Crippen LogP contribution is 2.06. The third-order valence-corrected chi connectivity index (χ3v) is 4.48. The molecule has 0 unspecified atom stereocenters. The van der Waals surface area contributed by atoms with E-state index < -0.39 is 29.9 Å². The van der Waals surface area contributed by atoms with Gasteiger partial charge in [-0.3, -0.25) is 14.4 Å². The van der Waals surface area contributed by atoms with Gasteiger partial charge in [-0.15, -0.1) is 0 Å². The Hall–Kier alpha value is -3.20. The van der Waals surface area contributed by atoms with Crippen molar-refractivity contribution in [3.8, 4) is 0 Å². The number of benzene rings is 1. The second-order valence-electron chi connectivity index (χ2n) is 7.48. The zero-order chi connectivity index (χ0) is 23.9. The molecule has 0 fully saturated rings. The second kappa shape index (κ2) is 14.7. The molecule has 0 saturated carbocycles. The fraction of sp³-hybridized carbons (Fsp3) is 0.478. The Kier molecular flexibility index (Phi) is 12.4. The topological polar surface area (TPSA) is 134 Å². The first-order chi connectivity index (χ1) is 15.2. The third kappa shape index (κ3) is 10.7. The Balaban J connectivity index is 2.52. The van der Waals surface area contributed by atoms with E-state index in [4.69, 9.17) is 4.74 Å². The van der Waals surface area contributed by atoms with Crippen LogP contribution in [0.5, 0.6) is 0 Å². The zero-order valence-electron chi connectivity index (χ0n) is 18.8. The van der Waals surface area contributed by atoms with Gasteiger partial charge >= 0.3 is 11.9 Å². The molecule has 9 heteroatoms. The molecule has 0 aliphatic carbocycles. The number of amides is 2. The van der Waals surface area contributed by atoms with Crippen molar-refractivity contribution in [2.75, 3.05) is 19.7 Å². The Morgan fingerprint density at radius 1 is 1.09 bits per heavy atom. The standard InChI is InChI=1S/C23H33N3O6/c1-4-32-20(28)13-12-18(23(30)31)25-22(29)21(16(2)3)26-19(27)15-24-14-8-11-17-9-6-5-7-10-17/h5-11,16,18,21,24H,4,12-15H2,1-3H3,(H,25,29)(H,26,27)(H,30,31)/t18-,21+/m1/s1. The molecule has 2 atom stereocenters. The van der Waals surface area contributed by atoms with Crippen molar-refractivity contribution in [1.82, 2.24) is 16.0 Å². The van der Waals surface area contributed by atoms with Gasteiger partial charge in [0.05, 0.1) is 13.2 Å². The van der Waals surface area contributed by atoms with Gasteiger partial charge in [-0.05, 0) is 24.8 Å². The number of esters is 1. The lowest BCUT2D eigenvalue weighted by atomic mass is 10.0. The summed E-state index contributed by atoms with van der Waals surface area (Å²) in [6, 6.07) is 7.56. The lowest BCUT2D eigenvalue weighted by molar-refractivity contribution is -0.145. The first-order valence-electron chi connectivity index (χ1n) is 10.6. The fourth-order valence-corrected chi connectivity index (χ4v) is 2.80. The SMILES string of the molecule is CCOC(=O)CC[C@@H](NC(=O)[C@@H](NC(=O)CNCC=Cc1ccccc1)C(C)C)C(=O)O. The van der Waals surface area contributed by atoms with Crippen molar-refractivity contribution in [3.05, 3.63) is 42.0 Å². The number of rotatable bonds is 14. The number of ether oxygens (including phenoxy) is 1. The van der Waals surface area contributed by atoms with Crippen molar-refractivity contribution < 1.29 is 29.0 Å². The molecule has 0 heterocycles. The molecule has 32 heavy (non-hydrogen) atoms. The summed E-state index contributed by atoms with van der Waals surface area (Å²) in [6.45, 7) is 5.81. The maximum absolute atomic E-state index is 12.6. The van der Waals surface area contributed by atoms with E-state index in [0.29, 0.717) is 6.54 Å². The van der Waals surface area contributed by atoms with Gasteiger partial charge in [0.25, 0.3) is 0 Å². The molecule has 0 aromatic heterocycles. The Labute approximate surface area is 188 Å². The number of carboxylic acid groups (broad SMARTS) is 1. The Morgan fingerprint density at radius 3 is 2.38 bits per heavy atom. The molecule has 0 spiro atoms. The van der Waals surface area contributed by atoms with Gasteiger partial charge in [0.15, 0.2) is 0 Å². The van der Waals surface area contributed by atoms with Gasteiger partial charge in [0, 0.05) is 13.0 Å². The van der Waals surface area contributed by atoms with E-state index in [0.717, 1.165) is 5.56 Å². The van der Waals surface area contributed by atoms with Crippen molar-refractivity contribution >= 4 is 29.8 Å². The van der Waals surface area contributed by atoms with Crippen LogP contribution in [0.1, 0.15) is 39.2 Å². The number of aliphatic carboxylic acids is 1. The Morgan fingerprint density at radius 2 is 1.78 bits per heavy atom. The molecule has 4 N–H and O–H groups in total. The second-order valence-corrected chi connectivity index (χ2v) is 7.48. The molecule has 9 nitrogen and oxygen atoms in total. The normalized spacial score (nSPS) is 12.9. The minimum absolute atomic E-state index is 0.000840. The van der Waals surface area contributed by atoms with Gasteiger partial charge in [0.2, 0.25) is 11.8 Å². The quantitative estimate of drug-likeness (QED) is 0.250. The largest absolute Gasteiger partial charge is 0.480 e. The highest BCUT2D eigenvalue weighted by atomic mass is 16.5. The Bertz CT molecular complexity index is 779. The molecule has 1 rings (SSSR count). The maximum Gasteiger partial charge on any atom is 0.326 e. The summed E-state index contributed by atoms with van der Waals surface area (Å²) in [5, 5.41) is 17.3. The van der Waals surface area contributed by atoms with Gasteiger partial charge in [-0.1, -0.05) is 56.3 Å². The van der Waals surface area contributed by atoms with Crippen molar-refractivity contribution in [2.45, 2.75) is 45.7 Å². The molecule has 176 valence electrons. The molecule has 0 aliphatic heterocycles. The van der Waals surface area contributed by atoms with Crippen molar-refractivity contribution in [3.63, 3.8) is 0 Å². The van der Waals surface area contributed by atoms with E-state index in [2.05, 4.69) is 16.0 Å². The molecule has 2 amide bonds. The number of carbonyl (C=O) groups is 4. The van der Waals surface area contributed by atoms with Crippen LogP contribution in [-0.4, -0.2) is 60.6 Å². The first-order valence-corrected chi connectivity index (χ1v) is 10.6. The zero-order valence-corrected chi connectivity index (χ0v) is 18.8. The van der Waals surface area contributed by atoms with Gasteiger partial charge in [-0.2, -0.15) is 0 Å². The molecule has 0 saturated heterocycles. The average Bonchev–Trinajstić information content (AvgIpc) is 2.75. The van der Waals surface area contributed by atoms with Gasteiger partial charge in [-0.25, -0.2) is 4.79 Å². The van der Waals surface area contributed by atoms with E-state index in [1.165, 1.54) is 0 Å². The third-order valence-electron chi connectivity index (χ3n) is 4.48. The van der Waals surface area contributed by atoms with Crippen LogP contribution in [0.4, 0.5) is 0 Å². The van der Waals surface area contributed by atoms with Crippen molar-refractivity contribution in [2.24, 2.45) is 5.92 Å². The van der Waals surface area contributed by atoms with Gasteiger partial charge < -0.3 is 25.8 Å². The van der Waals surface area contributed by atoms with E-state index in [9.17, 15) is 24.3 Å². The molecular formula is C23H33N3O6. The summed E-state index contributed by atoms with van der Waals surface area (Å²) in [6.07, 6.45) is 3.58. The van der Waals surface area contributed by atoms with Crippen LogP contribution in [0.3, 0.4) is 0 Å². The highest BCUT2D eigenvalue weighted by molar-refractivity contribution is 5.91. The van der Waals surface area contributed by atoms with E-state index in [1.54, 1.807) is 20.8 Å². The van der Waals surface area contributed by atoms with Crippen LogP contribution in [0.15, 0.2) is 36.4 Å². The lowest BCUT2D eigenvalue weighted by Gasteiger charge is -2.24. The molecule has 1 aromatic carbocycles. The van der Waals surface area contributed by atoms with Crippen LogP contribution in [0, 0.1) is 5.92 Å². The van der Waals surface area contributed by atoms with Crippen molar-refractivity contribution in [1.29, 1.82) is 0 Å². The predicted molar refractivity (Wildman–Crippen MR) is 121 cm³/mol. The van der Waals surface area contributed by atoms with Gasteiger partial charge in [0.1, 0.15) is 12.1 Å². The van der Waals surface area contributed by atoms with E-state index in [1.807, 2.05) is 42.5 Å². The number of carbonyl (C=O) groups excluding carboxylic acids is 3. The van der Waals surface area contributed by atoms with E-state index in [-0.39, 0.29) is 37.8 Å². The summed E-state index contributed by atoms with van der Waals surface area (Å²) in [4.78, 5) is 47.8. The number of nitrogens with one attached hydrogen (secondary N) is 3. The molecule has 0 aliphatic rings. The summed E-state index contributed by atoms with van der Waals surface area (Å²) in [5.74, 6) is -3.06. The summed E-state index contributed by atoms with van der Waals surface area (Å²) in [7, 11) is 0. The number of hydrogen-bond donors (Lipinski definition) is 4. The maximum atomic E-state index is 12.6. The monoisotopic (exact) mass is 447 g/mol. The predicted octanol–water partition coefficient (Wildman–Crippen LogP) is 1.34. The smallest absolute Gasteiger partial charge is 0.326 e. The number of carboxylic acids is 1. The molecule has 0 radical (unpaired) electrons. The minimum atomic E-state index is -1.26. The van der Waals surface area contributed by atoms with E-state index >= 15 is 0 Å². The minimum Gasteiger partial charge on any atom is -0.480 e. The number of hydrogen-bond acceptors (Lipinski definition) is 6. The fourth-order valence-electron chi connectivity index (χ4n) is 2.80. The highest BCUT2D eigenvalue weighted by Gasteiger charge is 2.28. The summed E-state index contributed by atoms with van der Waals surface area (Å²) < 4.78 is 4.78. The molecule has 0 bridgehead atoms. The van der Waals surface area contributed by atoms with Crippen LogP contribution in [0.2, 0.25) is 0 Å². The van der Waals surface area contributed by atoms with Crippen LogP contribution < -0.4 is 16.0 Å². The van der Waals surface area contributed by atoms with Crippen LogP contribution >= 0.6 is 0 Å². The van der Waals surface area contributed by atoms with Crippen LogP contribution in [0.25, 0.3) is 6.08 Å². The lowest BCUT2D eigenvalue weighted by Crippen LogP contribution is -2.54.